The molecule has 0 spiro atoms. The predicted octanol–water partition coefficient (Wildman–Crippen LogP) is 2.88. The fourth-order valence-corrected chi connectivity index (χ4v) is 2.28. The maximum Gasteiger partial charge on any atom is 0.237 e. The number of hydrogen-bond donors (Lipinski definition) is 1. The number of aromatic nitrogens is 1. The van der Waals surface area contributed by atoms with Crippen molar-refractivity contribution in [3.05, 3.63) is 17.8 Å². The number of nitriles is 1. The Bertz CT molecular complexity index is 466. The van der Waals surface area contributed by atoms with E-state index in [1.165, 1.54) is 6.20 Å². The first-order chi connectivity index (χ1) is 8.50. The van der Waals surface area contributed by atoms with Gasteiger partial charge in [0, 0.05) is 6.20 Å². The molecule has 2 rings (SSSR count). The number of nitrogens with two attached hydrogens (primary N) is 1. The zero-order chi connectivity index (χ0) is 13.2. The number of anilines is 1. The Labute approximate surface area is 108 Å². The SMILES string of the molecule is CC1(C)CCC(Oc2ncc(C#N)cc2N)CC1. The van der Waals surface area contributed by atoms with Gasteiger partial charge in [0.05, 0.1) is 11.3 Å². The van der Waals surface area contributed by atoms with Crippen molar-refractivity contribution in [3.63, 3.8) is 0 Å². The number of ether oxygens (including phenoxy) is 1. The molecule has 18 heavy (non-hydrogen) atoms. The van der Waals surface area contributed by atoms with Crippen molar-refractivity contribution >= 4 is 5.69 Å². The minimum absolute atomic E-state index is 0.195. The summed E-state index contributed by atoms with van der Waals surface area (Å²) in [4.78, 5) is 4.11. The zero-order valence-electron chi connectivity index (χ0n) is 10.9. The van der Waals surface area contributed by atoms with Crippen LogP contribution in [0.4, 0.5) is 5.69 Å². The molecule has 1 aromatic rings. The first kappa shape index (κ1) is 12.7. The van der Waals surface area contributed by atoms with Gasteiger partial charge in [-0.3, -0.25) is 0 Å². The highest BCUT2D eigenvalue weighted by Crippen LogP contribution is 2.36. The van der Waals surface area contributed by atoms with Gasteiger partial charge in [-0.1, -0.05) is 13.8 Å². The first-order valence-electron chi connectivity index (χ1n) is 6.32. The molecule has 2 N–H and O–H groups in total. The normalized spacial score (nSPS) is 19.2. The van der Waals surface area contributed by atoms with Crippen LogP contribution in [0.5, 0.6) is 5.88 Å². The van der Waals surface area contributed by atoms with E-state index in [-0.39, 0.29) is 6.10 Å². The lowest BCUT2D eigenvalue weighted by atomic mass is 9.76. The first-order valence-corrected chi connectivity index (χ1v) is 6.32. The third-order valence-electron chi connectivity index (χ3n) is 3.57. The second kappa shape index (κ2) is 4.85. The molecule has 0 aliphatic heterocycles. The minimum Gasteiger partial charge on any atom is -0.473 e. The molecule has 1 fully saturated rings. The lowest BCUT2D eigenvalue weighted by molar-refractivity contribution is 0.0956. The second-order valence-electron chi connectivity index (χ2n) is 5.71. The Morgan fingerprint density at radius 2 is 2.11 bits per heavy atom. The van der Waals surface area contributed by atoms with Crippen LogP contribution in [-0.4, -0.2) is 11.1 Å². The molecule has 0 atom stereocenters. The van der Waals surface area contributed by atoms with Gasteiger partial charge in [-0.25, -0.2) is 4.98 Å². The molecule has 96 valence electrons. The van der Waals surface area contributed by atoms with Crippen molar-refractivity contribution in [2.45, 2.75) is 45.6 Å². The molecule has 1 saturated carbocycles. The van der Waals surface area contributed by atoms with Crippen molar-refractivity contribution in [2.24, 2.45) is 5.41 Å². The summed E-state index contributed by atoms with van der Waals surface area (Å²) in [6.45, 7) is 4.58. The van der Waals surface area contributed by atoms with Crippen LogP contribution < -0.4 is 10.5 Å². The number of pyridine rings is 1. The molecule has 1 aliphatic rings. The van der Waals surface area contributed by atoms with Gasteiger partial charge >= 0.3 is 0 Å². The smallest absolute Gasteiger partial charge is 0.237 e. The largest absolute Gasteiger partial charge is 0.473 e. The fraction of sp³-hybridized carbons (Fsp3) is 0.571. The van der Waals surface area contributed by atoms with E-state index in [4.69, 9.17) is 15.7 Å². The molecule has 1 aliphatic carbocycles. The van der Waals surface area contributed by atoms with Crippen LogP contribution in [0.3, 0.4) is 0 Å². The molecule has 4 heteroatoms. The minimum atomic E-state index is 0.195. The Balaban J connectivity index is 2.01. The maximum atomic E-state index is 8.75. The van der Waals surface area contributed by atoms with Crippen molar-refractivity contribution in [3.8, 4) is 11.9 Å². The molecule has 1 heterocycles. The van der Waals surface area contributed by atoms with Crippen molar-refractivity contribution in [2.75, 3.05) is 5.73 Å². The van der Waals surface area contributed by atoms with E-state index >= 15 is 0 Å². The van der Waals surface area contributed by atoms with E-state index in [0.29, 0.717) is 22.5 Å². The molecule has 4 nitrogen and oxygen atoms in total. The summed E-state index contributed by atoms with van der Waals surface area (Å²) in [6, 6.07) is 3.62. The Kier molecular flexibility index (Phi) is 3.42. The van der Waals surface area contributed by atoms with E-state index in [9.17, 15) is 0 Å². The summed E-state index contributed by atoms with van der Waals surface area (Å²) >= 11 is 0. The average molecular weight is 245 g/mol. The average Bonchev–Trinajstić information content (AvgIpc) is 2.34. The molecule has 0 aromatic carbocycles. The lowest BCUT2D eigenvalue weighted by Crippen LogP contribution is -2.28. The number of hydrogen-bond acceptors (Lipinski definition) is 4. The molecule has 1 aromatic heterocycles. The molecular formula is C14H19N3O. The third-order valence-corrected chi connectivity index (χ3v) is 3.57. The summed E-state index contributed by atoms with van der Waals surface area (Å²) in [5.41, 5.74) is 7.15. The van der Waals surface area contributed by atoms with Crippen molar-refractivity contribution in [1.82, 2.24) is 4.98 Å². The van der Waals surface area contributed by atoms with Crippen molar-refractivity contribution < 1.29 is 4.74 Å². The van der Waals surface area contributed by atoms with Crippen LogP contribution in [0.2, 0.25) is 0 Å². The molecule has 0 amide bonds. The highest BCUT2D eigenvalue weighted by molar-refractivity contribution is 5.52. The van der Waals surface area contributed by atoms with Gasteiger partial charge in [-0.2, -0.15) is 5.26 Å². The Hall–Kier alpha value is -1.76. The quantitative estimate of drug-likeness (QED) is 0.869. The highest BCUT2D eigenvalue weighted by Gasteiger charge is 2.28. The fourth-order valence-electron chi connectivity index (χ4n) is 2.28. The molecule has 0 radical (unpaired) electrons. The van der Waals surface area contributed by atoms with Crippen molar-refractivity contribution in [1.29, 1.82) is 5.26 Å². The molecule has 0 saturated heterocycles. The van der Waals surface area contributed by atoms with Gasteiger partial charge < -0.3 is 10.5 Å². The molecule has 0 unspecified atom stereocenters. The van der Waals surface area contributed by atoms with E-state index in [2.05, 4.69) is 18.8 Å². The topological polar surface area (TPSA) is 71.9 Å². The number of rotatable bonds is 2. The van der Waals surface area contributed by atoms with Gasteiger partial charge in [0.1, 0.15) is 12.2 Å². The van der Waals surface area contributed by atoms with Gasteiger partial charge in [0.2, 0.25) is 5.88 Å². The monoisotopic (exact) mass is 245 g/mol. The van der Waals surface area contributed by atoms with Gasteiger partial charge in [0.15, 0.2) is 0 Å². The van der Waals surface area contributed by atoms with E-state index in [0.717, 1.165) is 25.7 Å². The Morgan fingerprint density at radius 1 is 1.44 bits per heavy atom. The highest BCUT2D eigenvalue weighted by atomic mass is 16.5. The maximum absolute atomic E-state index is 8.75. The van der Waals surface area contributed by atoms with Crippen LogP contribution in [0.15, 0.2) is 12.3 Å². The standard InChI is InChI=1S/C14H19N3O/c1-14(2)5-3-11(4-6-14)18-13-12(16)7-10(8-15)9-17-13/h7,9,11H,3-6,16H2,1-2H3. The summed E-state index contributed by atoms with van der Waals surface area (Å²) in [5.74, 6) is 0.457. The summed E-state index contributed by atoms with van der Waals surface area (Å²) in [5, 5.41) is 8.75. The third kappa shape index (κ3) is 2.92. The van der Waals surface area contributed by atoms with Gasteiger partial charge in [-0.15, -0.1) is 0 Å². The van der Waals surface area contributed by atoms with E-state index in [1.807, 2.05) is 6.07 Å². The molecule has 0 bridgehead atoms. The predicted molar refractivity (Wildman–Crippen MR) is 70.0 cm³/mol. The van der Waals surface area contributed by atoms with Crippen LogP contribution >= 0.6 is 0 Å². The van der Waals surface area contributed by atoms with E-state index < -0.39 is 0 Å². The van der Waals surface area contributed by atoms with Crippen LogP contribution in [0.25, 0.3) is 0 Å². The van der Waals surface area contributed by atoms with Gasteiger partial charge in [-0.05, 0) is 37.2 Å². The summed E-state index contributed by atoms with van der Waals surface area (Å²) in [7, 11) is 0. The van der Waals surface area contributed by atoms with Crippen LogP contribution in [-0.2, 0) is 0 Å². The Morgan fingerprint density at radius 3 is 2.67 bits per heavy atom. The van der Waals surface area contributed by atoms with Gasteiger partial charge in [0.25, 0.3) is 0 Å². The number of nitrogen functional groups attached to an aromatic ring is 1. The zero-order valence-corrected chi connectivity index (χ0v) is 10.9. The molecular weight excluding hydrogens is 226 g/mol. The summed E-state index contributed by atoms with van der Waals surface area (Å²) in [6.07, 6.45) is 6.09. The van der Waals surface area contributed by atoms with Crippen LogP contribution in [0, 0.1) is 16.7 Å². The second-order valence-corrected chi connectivity index (χ2v) is 5.71. The lowest BCUT2D eigenvalue weighted by Gasteiger charge is -2.34. The van der Waals surface area contributed by atoms with E-state index in [1.54, 1.807) is 6.07 Å². The van der Waals surface area contributed by atoms with Crippen LogP contribution in [0.1, 0.15) is 45.1 Å². The summed E-state index contributed by atoms with van der Waals surface area (Å²) < 4.78 is 5.83. The number of nitrogens with zero attached hydrogens (tertiary/aromatic N) is 2.